The number of carbonyl (C=O) groups excluding carboxylic acids is 2. The van der Waals surface area contributed by atoms with Crippen molar-refractivity contribution in [1.29, 1.82) is 0 Å². The summed E-state index contributed by atoms with van der Waals surface area (Å²) >= 11 is 0. The van der Waals surface area contributed by atoms with E-state index in [1.54, 1.807) is 24.3 Å². The lowest BCUT2D eigenvalue weighted by atomic mass is 10.1. The van der Waals surface area contributed by atoms with Crippen LogP contribution in [0, 0.1) is 13.8 Å². The van der Waals surface area contributed by atoms with Crippen LogP contribution in [0.1, 0.15) is 21.5 Å². The van der Waals surface area contributed by atoms with E-state index in [0.29, 0.717) is 11.3 Å². The molecule has 2 N–H and O–H groups in total. The zero-order valence-corrected chi connectivity index (χ0v) is 15.9. The summed E-state index contributed by atoms with van der Waals surface area (Å²) in [6.07, 6.45) is 1.34. The number of anilines is 2. The SMILES string of the molecule is Cc1ccccc1NC(=O)/C(=C/C(=O)c1ccccc1)Nc1ccccc1C. The van der Waals surface area contributed by atoms with E-state index in [4.69, 9.17) is 0 Å². The number of amides is 1. The summed E-state index contributed by atoms with van der Waals surface area (Å²) in [5.74, 6) is -0.613. The van der Waals surface area contributed by atoms with Crippen molar-refractivity contribution in [2.24, 2.45) is 0 Å². The van der Waals surface area contributed by atoms with Crippen LogP contribution < -0.4 is 10.6 Å². The quantitative estimate of drug-likeness (QED) is 0.468. The molecule has 1 amide bonds. The Morgan fingerprint density at radius 2 is 1.18 bits per heavy atom. The van der Waals surface area contributed by atoms with E-state index in [1.165, 1.54) is 6.08 Å². The molecular weight excluding hydrogens is 348 g/mol. The minimum Gasteiger partial charge on any atom is -0.351 e. The van der Waals surface area contributed by atoms with Crippen molar-refractivity contribution in [3.63, 3.8) is 0 Å². The molecule has 0 spiro atoms. The van der Waals surface area contributed by atoms with Gasteiger partial charge in [-0.2, -0.15) is 0 Å². The molecule has 4 nitrogen and oxygen atoms in total. The number of benzene rings is 3. The molecule has 0 aliphatic rings. The average Bonchev–Trinajstić information content (AvgIpc) is 2.71. The maximum absolute atomic E-state index is 13.0. The van der Waals surface area contributed by atoms with Gasteiger partial charge in [0.15, 0.2) is 5.78 Å². The number of ketones is 1. The predicted octanol–water partition coefficient (Wildman–Crippen LogP) is 5.12. The van der Waals surface area contributed by atoms with Crippen molar-refractivity contribution in [2.75, 3.05) is 10.6 Å². The molecular formula is C24H22N2O2. The lowest BCUT2D eigenvalue weighted by molar-refractivity contribution is -0.112. The first-order valence-electron chi connectivity index (χ1n) is 9.05. The van der Waals surface area contributed by atoms with Crippen LogP contribution in [0.15, 0.2) is 90.6 Å². The molecule has 3 rings (SSSR count). The molecule has 3 aromatic rings. The smallest absolute Gasteiger partial charge is 0.272 e. The van der Waals surface area contributed by atoms with Gasteiger partial charge in [0, 0.05) is 23.0 Å². The highest BCUT2D eigenvalue weighted by Gasteiger charge is 2.15. The second-order valence-corrected chi connectivity index (χ2v) is 6.50. The molecule has 140 valence electrons. The van der Waals surface area contributed by atoms with Gasteiger partial charge in [-0.1, -0.05) is 66.7 Å². The van der Waals surface area contributed by atoms with Gasteiger partial charge in [0.2, 0.25) is 0 Å². The van der Waals surface area contributed by atoms with Gasteiger partial charge in [-0.25, -0.2) is 0 Å². The number of aryl methyl sites for hydroxylation is 2. The second-order valence-electron chi connectivity index (χ2n) is 6.50. The highest BCUT2D eigenvalue weighted by atomic mass is 16.2. The molecule has 4 heteroatoms. The number of allylic oxidation sites excluding steroid dienone is 1. The Morgan fingerprint density at radius 1 is 0.679 bits per heavy atom. The van der Waals surface area contributed by atoms with Crippen molar-refractivity contribution in [3.05, 3.63) is 107 Å². The Balaban J connectivity index is 1.93. The van der Waals surface area contributed by atoms with Gasteiger partial charge in [0.25, 0.3) is 5.91 Å². The first kappa shape index (κ1) is 19.1. The van der Waals surface area contributed by atoms with Crippen LogP contribution in [0.3, 0.4) is 0 Å². The number of para-hydroxylation sites is 2. The fraction of sp³-hybridized carbons (Fsp3) is 0.0833. The van der Waals surface area contributed by atoms with Gasteiger partial charge in [-0.3, -0.25) is 9.59 Å². The Labute approximate surface area is 164 Å². The molecule has 0 aromatic heterocycles. The molecule has 3 aromatic carbocycles. The summed E-state index contributed by atoms with van der Waals surface area (Å²) in [5, 5.41) is 6.00. The lowest BCUT2D eigenvalue weighted by Gasteiger charge is -2.14. The van der Waals surface area contributed by atoms with Crippen molar-refractivity contribution in [2.45, 2.75) is 13.8 Å². The normalized spacial score (nSPS) is 11.0. The number of carbonyl (C=O) groups is 2. The molecule has 0 saturated carbocycles. The first-order valence-corrected chi connectivity index (χ1v) is 9.05. The van der Waals surface area contributed by atoms with Crippen LogP contribution in [-0.4, -0.2) is 11.7 Å². The summed E-state index contributed by atoms with van der Waals surface area (Å²) in [7, 11) is 0. The summed E-state index contributed by atoms with van der Waals surface area (Å²) in [4.78, 5) is 25.6. The standard InChI is InChI=1S/C24H22N2O2/c1-17-10-6-8-14-20(17)25-22(16-23(27)19-12-4-3-5-13-19)24(28)26-21-15-9-7-11-18(21)2/h3-16,25H,1-2H3,(H,26,28)/b22-16-. The third-order valence-electron chi connectivity index (χ3n) is 4.39. The zero-order valence-electron chi connectivity index (χ0n) is 15.9. The van der Waals surface area contributed by atoms with Gasteiger partial charge in [0.05, 0.1) is 0 Å². The van der Waals surface area contributed by atoms with Gasteiger partial charge in [0.1, 0.15) is 5.70 Å². The van der Waals surface area contributed by atoms with Crippen LogP contribution in [0.25, 0.3) is 0 Å². The monoisotopic (exact) mass is 370 g/mol. The molecule has 0 atom stereocenters. The predicted molar refractivity (Wildman–Crippen MR) is 113 cm³/mol. The topological polar surface area (TPSA) is 58.2 Å². The van der Waals surface area contributed by atoms with Crippen molar-refractivity contribution < 1.29 is 9.59 Å². The van der Waals surface area contributed by atoms with Gasteiger partial charge >= 0.3 is 0 Å². The first-order chi connectivity index (χ1) is 13.5. The lowest BCUT2D eigenvalue weighted by Crippen LogP contribution is -2.21. The molecule has 0 fully saturated rings. The molecule has 0 heterocycles. The Hall–Kier alpha value is -3.66. The van der Waals surface area contributed by atoms with Crippen LogP contribution in [0.5, 0.6) is 0 Å². The Bertz CT molecular complexity index is 1020. The highest BCUT2D eigenvalue weighted by Crippen LogP contribution is 2.19. The molecule has 0 saturated heterocycles. The summed E-state index contributed by atoms with van der Waals surface area (Å²) < 4.78 is 0. The largest absolute Gasteiger partial charge is 0.351 e. The third-order valence-corrected chi connectivity index (χ3v) is 4.39. The zero-order chi connectivity index (χ0) is 19.9. The molecule has 0 bridgehead atoms. The van der Waals surface area contributed by atoms with Crippen LogP contribution in [0.2, 0.25) is 0 Å². The maximum Gasteiger partial charge on any atom is 0.272 e. The molecule has 0 aliphatic carbocycles. The van der Waals surface area contributed by atoms with Crippen LogP contribution in [-0.2, 0) is 4.79 Å². The van der Waals surface area contributed by atoms with E-state index in [9.17, 15) is 9.59 Å². The fourth-order valence-electron chi connectivity index (χ4n) is 2.74. The van der Waals surface area contributed by atoms with E-state index < -0.39 is 0 Å². The minimum absolute atomic E-state index is 0.186. The number of hydrogen-bond acceptors (Lipinski definition) is 3. The average molecular weight is 370 g/mol. The Morgan fingerprint density at radius 3 is 1.75 bits per heavy atom. The van der Waals surface area contributed by atoms with Crippen LogP contribution in [0.4, 0.5) is 11.4 Å². The van der Waals surface area contributed by atoms with Gasteiger partial charge in [-0.15, -0.1) is 0 Å². The highest BCUT2D eigenvalue weighted by molar-refractivity contribution is 6.13. The number of nitrogens with one attached hydrogen (secondary N) is 2. The van der Waals surface area contributed by atoms with Crippen molar-refractivity contribution in [1.82, 2.24) is 0 Å². The number of rotatable bonds is 6. The van der Waals surface area contributed by atoms with Gasteiger partial charge < -0.3 is 10.6 Å². The third kappa shape index (κ3) is 4.74. The van der Waals surface area contributed by atoms with Crippen molar-refractivity contribution in [3.8, 4) is 0 Å². The van der Waals surface area contributed by atoms with E-state index in [1.807, 2.05) is 68.4 Å². The van der Waals surface area contributed by atoms with E-state index in [2.05, 4.69) is 10.6 Å². The van der Waals surface area contributed by atoms with Crippen molar-refractivity contribution >= 4 is 23.1 Å². The molecule has 28 heavy (non-hydrogen) atoms. The Kier molecular flexibility index (Phi) is 6.02. The van der Waals surface area contributed by atoms with E-state index in [-0.39, 0.29) is 17.4 Å². The van der Waals surface area contributed by atoms with Crippen LogP contribution >= 0.6 is 0 Å². The maximum atomic E-state index is 13.0. The molecule has 0 unspecified atom stereocenters. The van der Waals surface area contributed by atoms with E-state index in [0.717, 1.165) is 16.8 Å². The summed E-state index contributed by atoms with van der Waals surface area (Å²) in [6, 6.07) is 24.0. The molecule has 0 radical (unpaired) electrons. The summed E-state index contributed by atoms with van der Waals surface area (Å²) in [6.45, 7) is 3.86. The summed E-state index contributed by atoms with van der Waals surface area (Å²) in [5.41, 5.74) is 4.11. The van der Waals surface area contributed by atoms with E-state index >= 15 is 0 Å². The minimum atomic E-state index is -0.373. The van der Waals surface area contributed by atoms with Gasteiger partial charge in [-0.05, 0) is 37.1 Å². The fourth-order valence-corrected chi connectivity index (χ4v) is 2.74. The number of hydrogen-bond donors (Lipinski definition) is 2. The molecule has 0 aliphatic heterocycles. The second kappa shape index (κ2) is 8.82.